The van der Waals surface area contributed by atoms with Crippen LogP contribution < -0.4 is 0 Å². The summed E-state index contributed by atoms with van der Waals surface area (Å²) in [6.07, 6.45) is -8.03. The van der Waals surface area contributed by atoms with E-state index in [1.54, 1.807) is 6.92 Å². The molecule has 7 atom stereocenters. The van der Waals surface area contributed by atoms with E-state index in [1.165, 1.54) is 41.5 Å². The van der Waals surface area contributed by atoms with E-state index in [2.05, 4.69) is 26.3 Å². The van der Waals surface area contributed by atoms with Crippen LogP contribution in [0.1, 0.15) is 137 Å². The van der Waals surface area contributed by atoms with Crippen LogP contribution in [0.4, 0.5) is 0 Å². The van der Waals surface area contributed by atoms with Crippen LogP contribution in [0, 0.1) is 0 Å². The molecule has 0 aliphatic heterocycles. The monoisotopic (exact) mass is 1300 g/mol. The van der Waals surface area contributed by atoms with Crippen LogP contribution in [0.25, 0.3) is 0 Å². The number of aliphatic hydroxyl groups excluding tert-OH is 4. The zero-order valence-corrected chi connectivity index (χ0v) is 52.7. The Morgan fingerprint density at radius 1 is 0.370 bits per heavy atom. The maximum atomic E-state index is 13.7. The summed E-state index contributed by atoms with van der Waals surface area (Å²) in [6, 6.07) is 6.16. The summed E-state index contributed by atoms with van der Waals surface area (Å²) in [5.74, 6) is -10.6. The van der Waals surface area contributed by atoms with Gasteiger partial charge in [0.2, 0.25) is 0 Å². The summed E-state index contributed by atoms with van der Waals surface area (Å²) in [6.45, 7) is 19.0. The average Bonchev–Trinajstić information content (AvgIpc) is 0.835. The molecule has 2 aromatic carbocycles. The smallest absolute Gasteiger partial charge is 0.339 e. The second kappa shape index (κ2) is 41.6. The van der Waals surface area contributed by atoms with Crippen LogP contribution in [0.5, 0.6) is 0 Å². The maximum absolute atomic E-state index is 13.7. The van der Waals surface area contributed by atoms with Crippen molar-refractivity contribution in [3.05, 3.63) is 118 Å². The van der Waals surface area contributed by atoms with E-state index in [0.717, 1.165) is 42.8 Å². The van der Waals surface area contributed by atoms with E-state index in [0.29, 0.717) is 6.42 Å². The van der Waals surface area contributed by atoms with E-state index >= 15 is 0 Å². The first-order valence-electron chi connectivity index (χ1n) is 28.7. The molecule has 0 aromatic heterocycles. The Kier molecular flexibility index (Phi) is 35.9. The third kappa shape index (κ3) is 30.9. The first kappa shape index (κ1) is 79.4. The topological polar surface area (TPSA) is 398 Å². The Hall–Kier alpha value is -8.71. The minimum Gasteiger partial charge on any atom is -0.463 e. The highest BCUT2D eigenvalue weighted by Gasteiger charge is 2.28. The molecule has 0 aliphatic carbocycles. The minimum absolute atomic E-state index is 0.0343. The van der Waals surface area contributed by atoms with Gasteiger partial charge in [-0.05, 0) is 91.3 Å². The lowest BCUT2D eigenvalue weighted by Gasteiger charge is -2.25. The fourth-order valence-electron chi connectivity index (χ4n) is 6.70. The number of hydrogen-bond acceptors (Lipinski definition) is 29. The number of ether oxygens (including phenoxy) is 14. The van der Waals surface area contributed by atoms with Crippen LogP contribution in [0.2, 0.25) is 0 Å². The lowest BCUT2D eigenvalue weighted by atomic mass is 10.0. The van der Waals surface area contributed by atoms with Gasteiger partial charge in [-0.25, -0.2) is 47.9 Å². The molecule has 0 radical (unpaired) electrons. The van der Waals surface area contributed by atoms with Crippen molar-refractivity contribution in [3.63, 3.8) is 0 Å². The van der Waals surface area contributed by atoms with Crippen molar-refractivity contribution >= 4 is 65.7 Å². The molecule has 0 aliphatic rings. The Morgan fingerprint density at radius 2 is 0.652 bits per heavy atom. The average molecular weight is 1300 g/mol. The quantitative estimate of drug-likeness (QED) is 0.0419. The molecular weight excluding hydrogens is 1220 g/mol. The fraction of sp³-hybridized carbons (Fsp3) is 0.508. The highest BCUT2D eigenvalue weighted by molar-refractivity contribution is 6.06. The lowest BCUT2D eigenvalue weighted by molar-refractivity contribution is -0.155. The van der Waals surface area contributed by atoms with Crippen molar-refractivity contribution in [1.82, 2.24) is 0 Å². The molecule has 92 heavy (non-hydrogen) atoms. The third-order valence-corrected chi connectivity index (χ3v) is 11.7. The summed E-state index contributed by atoms with van der Waals surface area (Å²) in [5.41, 5.74) is -2.39. The van der Waals surface area contributed by atoms with Crippen LogP contribution in [0.3, 0.4) is 0 Å². The number of benzene rings is 2. The Morgan fingerprint density at radius 3 is 0.967 bits per heavy atom. The molecular formula is C63H82O29. The van der Waals surface area contributed by atoms with Crippen molar-refractivity contribution in [1.29, 1.82) is 0 Å². The van der Waals surface area contributed by atoms with E-state index in [4.69, 9.17) is 66.3 Å². The molecule has 0 saturated heterocycles. The molecule has 508 valence electrons. The standard InChI is InChI=1S/C63H82O29/c1-13-14-15-53(68)81-24-41(12)92-48(33-79-39(10)22-82-60(75)49-18-16-42(58(73)88-29-44(64)25-84-54(69)35(2)3)20-51(49)62(77)90-31-46(66)27-86-56(71)37(6)7)34-80-40(11)23-83-61(76)50-19-17-43(59(74)89-30-45(65)26-85-55(70)36(4)5)21-52(50)63(78)91-32-47(67)28-87-57(72)38(8)9/h16-21,39-41,44-48,64-67H,2,4,6,8,13-15,22-34H2,1,3,5,7,9-12H3. The number of carbonyl (C=O) groups excluding carboxylic acids is 11. The third-order valence-electron chi connectivity index (χ3n) is 11.7. The van der Waals surface area contributed by atoms with Crippen LogP contribution >= 0.6 is 0 Å². The second-order valence-corrected chi connectivity index (χ2v) is 20.9. The molecule has 29 nitrogen and oxygen atoms in total. The van der Waals surface area contributed by atoms with Crippen molar-refractivity contribution < 1.29 is 139 Å². The van der Waals surface area contributed by atoms with E-state index < -0.39 is 203 Å². The number of carbonyl (C=O) groups is 11. The minimum atomic E-state index is -1.54. The van der Waals surface area contributed by atoms with Crippen LogP contribution in [0.15, 0.2) is 85.0 Å². The molecule has 4 N–H and O–H groups in total. The van der Waals surface area contributed by atoms with E-state index in [9.17, 15) is 73.2 Å². The zero-order valence-electron chi connectivity index (χ0n) is 52.7. The summed E-state index contributed by atoms with van der Waals surface area (Å²) < 4.78 is 74.5. The number of aliphatic hydroxyl groups is 4. The highest BCUT2D eigenvalue weighted by Crippen LogP contribution is 2.20. The van der Waals surface area contributed by atoms with Gasteiger partial charge in [-0.2, -0.15) is 0 Å². The molecule has 2 rings (SSSR count). The van der Waals surface area contributed by atoms with Crippen molar-refractivity contribution in [2.24, 2.45) is 0 Å². The predicted octanol–water partition coefficient (Wildman–Crippen LogP) is 3.57. The molecule has 0 fully saturated rings. The predicted molar refractivity (Wildman–Crippen MR) is 317 cm³/mol. The molecule has 0 saturated carbocycles. The lowest BCUT2D eigenvalue weighted by Crippen LogP contribution is -2.35. The van der Waals surface area contributed by atoms with Crippen molar-refractivity contribution in [2.75, 3.05) is 85.9 Å². The van der Waals surface area contributed by atoms with Gasteiger partial charge >= 0.3 is 65.7 Å². The molecule has 0 amide bonds. The van der Waals surface area contributed by atoms with Crippen molar-refractivity contribution in [2.45, 2.75) is 123 Å². The maximum Gasteiger partial charge on any atom is 0.339 e. The summed E-state index contributed by atoms with van der Waals surface area (Å²) >= 11 is 0. The summed E-state index contributed by atoms with van der Waals surface area (Å²) in [7, 11) is 0. The molecule has 0 spiro atoms. The zero-order chi connectivity index (χ0) is 69.2. The molecule has 0 bridgehead atoms. The Bertz CT molecular complexity index is 2750. The van der Waals surface area contributed by atoms with Gasteiger partial charge in [-0.15, -0.1) is 0 Å². The van der Waals surface area contributed by atoms with Gasteiger partial charge in [-0.3, -0.25) is 4.79 Å². The van der Waals surface area contributed by atoms with Gasteiger partial charge in [-0.1, -0.05) is 39.7 Å². The van der Waals surface area contributed by atoms with Crippen LogP contribution in [-0.4, -0.2) is 221 Å². The highest BCUT2D eigenvalue weighted by atomic mass is 16.6. The van der Waals surface area contributed by atoms with Gasteiger partial charge in [0, 0.05) is 28.7 Å². The SMILES string of the molecule is C=C(C)C(=O)OCC(O)COC(=O)c1ccc(C(=O)OCC(C)OCC(COC(C)COC(=O)c2ccc(C(=O)OCC(O)COC(=O)C(=C)C)cc2C(=O)OCC(O)COC(=O)C(=C)C)OC(C)COC(=O)CCCC)c(C(=O)OCC(O)COC(=O)C(=C)C)c1. The molecule has 7 unspecified atom stereocenters. The van der Waals surface area contributed by atoms with E-state index in [-0.39, 0.29) is 59.7 Å². The number of unbranched alkanes of at least 4 members (excludes halogenated alkanes) is 1. The summed E-state index contributed by atoms with van der Waals surface area (Å²) in [4.78, 5) is 140. The first-order valence-corrected chi connectivity index (χ1v) is 28.7. The fourth-order valence-corrected chi connectivity index (χ4v) is 6.70. The largest absolute Gasteiger partial charge is 0.463 e. The summed E-state index contributed by atoms with van der Waals surface area (Å²) in [5, 5.41) is 41.1. The van der Waals surface area contributed by atoms with E-state index in [1.807, 2.05) is 6.92 Å². The van der Waals surface area contributed by atoms with Gasteiger partial charge in [0.15, 0.2) is 0 Å². The normalized spacial score (nSPS) is 13.5. The van der Waals surface area contributed by atoms with Gasteiger partial charge in [0.1, 0.15) is 103 Å². The van der Waals surface area contributed by atoms with Gasteiger partial charge in [0.05, 0.1) is 64.9 Å². The van der Waals surface area contributed by atoms with Gasteiger partial charge in [0.25, 0.3) is 0 Å². The van der Waals surface area contributed by atoms with Crippen molar-refractivity contribution in [3.8, 4) is 0 Å². The van der Waals surface area contributed by atoms with Crippen LogP contribution in [-0.2, 0) is 90.3 Å². The second-order valence-electron chi connectivity index (χ2n) is 20.9. The molecule has 2 aromatic rings. The number of hydrogen-bond donors (Lipinski definition) is 4. The molecule has 0 heterocycles. The number of esters is 11. The molecule has 29 heteroatoms. The van der Waals surface area contributed by atoms with Gasteiger partial charge < -0.3 is 86.7 Å². The Labute approximate surface area is 531 Å². The Balaban J connectivity index is 2.31. The number of rotatable bonds is 43. The first-order chi connectivity index (χ1) is 43.3.